The lowest BCUT2D eigenvalue weighted by Crippen LogP contribution is -2.44. The van der Waals surface area contributed by atoms with E-state index in [9.17, 15) is 19.5 Å². The zero-order valence-electron chi connectivity index (χ0n) is 13.5. The predicted molar refractivity (Wildman–Crippen MR) is 81.7 cm³/mol. The van der Waals surface area contributed by atoms with E-state index in [-0.39, 0.29) is 0 Å². The molecule has 0 fully saturated rings. The molecule has 1 aromatic rings. The second-order valence-corrected chi connectivity index (χ2v) is 5.90. The number of nitrogens with one attached hydrogen (secondary N) is 1. The van der Waals surface area contributed by atoms with Crippen LogP contribution in [0.25, 0.3) is 0 Å². The third kappa shape index (κ3) is 6.37. The average molecular weight is 323 g/mol. The van der Waals surface area contributed by atoms with Gasteiger partial charge >= 0.3 is 18.0 Å². The zero-order valence-corrected chi connectivity index (χ0v) is 13.5. The highest BCUT2D eigenvalue weighted by Gasteiger charge is 2.34. The van der Waals surface area contributed by atoms with Gasteiger partial charge in [0.1, 0.15) is 11.6 Å². The minimum atomic E-state index is -1.57. The summed E-state index contributed by atoms with van der Waals surface area (Å²) in [6, 6.07) is 7.29. The molecule has 0 aromatic heterocycles. The summed E-state index contributed by atoms with van der Waals surface area (Å²) in [7, 11) is 0. The fourth-order valence-electron chi connectivity index (χ4n) is 1.87. The lowest BCUT2D eigenvalue weighted by molar-refractivity contribution is -0.164. The van der Waals surface area contributed by atoms with Gasteiger partial charge in [-0.2, -0.15) is 0 Å². The number of alkyl carbamates (subject to hydrolysis) is 1. The first-order valence-corrected chi connectivity index (χ1v) is 7.04. The van der Waals surface area contributed by atoms with Gasteiger partial charge in [-0.25, -0.2) is 9.59 Å². The Labute approximate surface area is 134 Å². The van der Waals surface area contributed by atoms with Crippen LogP contribution in [0.2, 0.25) is 0 Å². The Bertz CT molecular complexity index is 564. The van der Waals surface area contributed by atoms with Crippen molar-refractivity contribution < 1.29 is 29.0 Å². The molecule has 1 amide bonds. The van der Waals surface area contributed by atoms with Crippen molar-refractivity contribution >= 4 is 18.0 Å². The van der Waals surface area contributed by atoms with Crippen LogP contribution in [-0.4, -0.2) is 34.8 Å². The Morgan fingerprint density at radius 3 is 2.13 bits per heavy atom. The molecule has 23 heavy (non-hydrogen) atoms. The molecule has 0 heterocycles. The van der Waals surface area contributed by atoms with Crippen LogP contribution in [0.1, 0.15) is 39.3 Å². The van der Waals surface area contributed by atoms with Crippen LogP contribution < -0.4 is 5.32 Å². The SMILES string of the molecule is CC(=O)O[C@H](C(=O)O)[C@H](NC(=O)OC(C)(C)C)c1ccccc1. The first-order chi connectivity index (χ1) is 10.6. The number of carboxylic acid groups (broad SMARTS) is 1. The molecule has 2 N–H and O–H groups in total. The summed E-state index contributed by atoms with van der Waals surface area (Å²) in [5, 5.41) is 11.8. The summed E-state index contributed by atoms with van der Waals surface area (Å²) in [6.45, 7) is 6.16. The summed E-state index contributed by atoms with van der Waals surface area (Å²) < 4.78 is 9.99. The number of hydrogen-bond donors (Lipinski definition) is 2. The largest absolute Gasteiger partial charge is 0.478 e. The topological polar surface area (TPSA) is 102 Å². The first kappa shape index (κ1) is 18.5. The molecule has 126 valence electrons. The Hall–Kier alpha value is -2.57. The van der Waals surface area contributed by atoms with Crippen molar-refractivity contribution in [1.29, 1.82) is 0 Å². The molecule has 0 radical (unpaired) electrons. The summed E-state index contributed by atoms with van der Waals surface area (Å²) in [5.74, 6) is -2.13. The molecule has 0 saturated carbocycles. The third-order valence-electron chi connectivity index (χ3n) is 2.67. The number of aliphatic carboxylic acids is 1. The minimum absolute atomic E-state index is 0.479. The number of esters is 1. The van der Waals surface area contributed by atoms with Gasteiger partial charge in [0, 0.05) is 6.92 Å². The molecule has 0 spiro atoms. The second-order valence-electron chi connectivity index (χ2n) is 5.90. The summed E-state index contributed by atoms with van der Waals surface area (Å²) in [5.41, 5.74) is -0.266. The Kier molecular flexibility index (Phi) is 6.12. The van der Waals surface area contributed by atoms with Crippen LogP contribution in [0.3, 0.4) is 0 Å². The molecule has 1 rings (SSSR count). The second kappa shape index (κ2) is 7.62. The fourth-order valence-corrected chi connectivity index (χ4v) is 1.87. The van der Waals surface area contributed by atoms with E-state index in [4.69, 9.17) is 9.47 Å². The number of carbonyl (C=O) groups excluding carboxylic acids is 2. The average Bonchev–Trinajstić information content (AvgIpc) is 2.41. The van der Waals surface area contributed by atoms with Crippen molar-refractivity contribution in [2.24, 2.45) is 0 Å². The van der Waals surface area contributed by atoms with Crippen molar-refractivity contribution in [3.05, 3.63) is 35.9 Å². The van der Waals surface area contributed by atoms with E-state index in [1.807, 2.05) is 0 Å². The molecule has 0 unspecified atom stereocenters. The fraction of sp³-hybridized carbons (Fsp3) is 0.438. The van der Waals surface area contributed by atoms with Gasteiger partial charge in [-0.15, -0.1) is 0 Å². The van der Waals surface area contributed by atoms with E-state index in [1.54, 1.807) is 51.1 Å². The van der Waals surface area contributed by atoms with Gasteiger partial charge in [0.2, 0.25) is 6.10 Å². The number of benzene rings is 1. The Morgan fingerprint density at radius 2 is 1.70 bits per heavy atom. The van der Waals surface area contributed by atoms with Gasteiger partial charge < -0.3 is 19.9 Å². The molecule has 7 heteroatoms. The maximum atomic E-state index is 12.0. The van der Waals surface area contributed by atoms with Crippen LogP contribution in [0.15, 0.2) is 30.3 Å². The highest BCUT2D eigenvalue weighted by molar-refractivity contribution is 5.79. The first-order valence-electron chi connectivity index (χ1n) is 7.04. The van der Waals surface area contributed by atoms with Crippen molar-refractivity contribution in [3.63, 3.8) is 0 Å². The van der Waals surface area contributed by atoms with Crippen molar-refractivity contribution in [3.8, 4) is 0 Å². The van der Waals surface area contributed by atoms with Crippen molar-refractivity contribution in [2.75, 3.05) is 0 Å². The molecule has 0 aliphatic rings. The van der Waals surface area contributed by atoms with Crippen LogP contribution in [0.4, 0.5) is 4.79 Å². The third-order valence-corrected chi connectivity index (χ3v) is 2.67. The van der Waals surface area contributed by atoms with Crippen LogP contribution in [-0.2, 0) is 19.1 Å². The van der Waals surface area contributed by atoms with Crippen molar-refractivity contribution in [1.82, 2.24) is 5.32 Å². The van der Waals surface area contributed by atoms with Gasteiger partial charge in [0.05, 0.1) is 0 Å². The van der Waals surface area contributed by atoms with Crippen molar-refractivity contribution in [2.45, 2.75) is 45.4 Å². The standard InChI is InChI=1S/C16H21NO6/c1-10(18)22-13(14(19)20)12(11-8-6-5-7-9-11)17-15(21)23-16(2,3)4/h5-9,12-13H,1-4H3,(H,17,21)(H,19,20)/t12-,13+/m1/s1. The van der Waals surface area contributed by atoms with E-state index in [0.717, 1.165) is 6.92 Å². The Morgan fingerprint density at radius 1 is 1.13 bits per heavy atom. The monoisotopic (exact) mass is 323 g/mol. The maximum absolute atomic E-state index is 12.0. The number of amides is 1. The molecule has 0 aliphatic carbocycles. The van der Waals surface area contributed by atoms with Gasteiger partial charge in [-0.3, -0.25) is 4.79 Å². The van der Waals surface area contributed by atoms with E-state index in [0.29, 0.717) is 5.56 Å². The lowest BCUT2D eigenvalue weighted by Gasteiger charge is -2.27. The summed E-state index contributed by atoms with van der Waals surface area (Å²) in [4.78, 5) is 34.6. The maximum Gasteiger partial charge on any atom is 0.408 e. The zero-order chi connectivity index (χ0) is 17.6. The number of carbonyl (C=O) groups is 3. The smallest absolute Gasteiger partial charge is 0.408 e. The van der Waals surface area contributed by atoms with Crippen LogP contribution in [0.5, 0.6) is 0 Å². The van der Waals surface area contributed by atoms with Gasteiger partial charge in [0.25, 0.3) is 0 Å². The molecular weight excluding hydrogens is 302 g/mol. The molecule has 7 nitrogen and oxygen atoms in total. The number of rotatable bonds is 5. The van der Waals surface area contributed by atoms with Gasteiger partial charge in [-0.05, 0) is 26.3 Å². The molecule has 1 aromatic carbocycles. The van der Waals surface area contributed by atoms with E-state index in [2.05, 4.69) is 5.32 Å². The highest BCUT2D eigenvalue weighted by Crippen LogP contribution is 2.21. The predicted octanol–water partition coefficient (Wildman–Crippen LogP) is 2.27. The van der Waals surface area contributed by atoms with Crippen LogP contribution >= 0.6 is 0 Å². The highest BCUT2D eigenvalue weighted by atomic mass is 16.6. The number of carboxylic acids is 1. The molecule has 0 aliphatic heterocycles. The number of ether oxygens (including phenoxy) is 2. The summed E-state index contributed by atoms with van der Waals surface area (Å²) in [6.07, 6.45) is -2.37. The normalized spacial score (nSPS) is 13.6. The van der Waals surface area contributed by atoms with Gasteiger partial charge in [-0.1, -0.05) is 30.3 Å². The summed E-state index contributed by atoms with van der Waals surface area (Å²) >= 11 is 0. The molecule has 0 bridgehead atoms. The molecule has 0 saturated heterocycles. The quantitative estimate of drug-likeness (QED) is 0.806. The van der Waals surface area contributed by atoms with E-state index < -0.39 is 35.8 Å². The van der Waals surface area contributed by atoms with E-state index >= 15 is 0 Å². The number of hydrogen-bond acceptors (Lipinski definition) is 5. The molecular formula is C16H21NO6. The van der Waals surface area contributed by atoms with Gasteiger partial charge in [0.15, 0.2) is 0 Å². The van der Waals surface area contributed by atoms with E-state index in [1.165, 1.54) is 0 Å². The lowest BCUT2D eigenvalue weighted by atomic mass is 10.0. The minimum Gasteiger partial charge on any atom is -0.478 e. The molecule has 2 atom stereocenters. The Balaban J connectivity index is 3.08. The van der Waals surface area contributed by atoms with Crippen LogP contribution in [0, 0.1) is 0 Å².